The molecule has 3 aromatic rings. The van der Waals surface area contributed by atoms with Crippen LogP contribution in [0.3, 0.4) is 0 Å². The monoisotopic (exact) mass is 401 g/mol. The van der Waals surface area contributed by atoms with Crippen molar-refractivity contribution in [2.45, 2.75) is 31.9 Å². The van der Waals surface area contributed by atoms with Crippen LogP contribution < -0.4 is 10.4 Å². The number of aromatic nitrogens is 2. The normalized spacial score (nSPS) is 17.1. The molecule has 0 spiro atoms. The van der Waals surface area contributed by atoms with Crippen molar-refractivity contribution in [3.8, 4) is 5.75 Å². The van der Waals surface area contributed by atoms with E-state index in [1.807, 2.05) is 24.3 Å². The van der Waals surface area contributed by atoms with Crippen LogP contribution in [0, 0.1) is 0 Å². The minimum Gasteiger partial charge on any atom is -0.435 e. The summed E-state index contributed by atoms with van der Waals surface area (Å²) in [7, 11) is 0. The first kappa shape index (κ1) is 19.2. The maximum atomic E-state index is 12.8. The van der Waals surface area contributed by atoms with Gasteiger partial charge in [-0.05, 0) is 42.7 Å². The molecule has 1 fully saturated rings. The zero-order valence-corrected chi connectivity index (χ0v) is 15.7. The average molecular weight is 401 g/mol. The maximum Gasteiger partial charge on any atom is 0.387 e. The molecule has 0 aliphatic carbocycles. The lowest BCUT2D eigenvalue weighted by atomic mass is 10.0. The summed E-state index contributed by atoms with van der Waals surface area (Å²) in [5.41, 5.74) is 2.03. The predicted octanol–water partition coefficient (Wildman–Crippen LogP) is 3.34. The van der Waals surface area contributed by atoms with Crippen LogP contribution in [0.25, 0.3) is 11.0 Å². The van der Waals surface area contributed by atoms with Crippen molar-refractivity contribution in [1.29, 1.82) is 0 Å². The molecule has 0 unspecified atom stereocenters. The summed E-state index contributed by atoms with van der Waals surface area (Å²) in [5, 5.41) is 0. The summed E-state index contributed by atoms with van der Waals surface area (Å²) < 4.78 is 30.9. The summed E-state index contributed by atoms with van der Waals surface area (Å²) in [5.74, 6) is -0.0658. The van der Waals surface area contributed by atoms with Crippen molar-refractivity contribution >= 4 is 16.9 Å². The molecule has 8 heteroatoms. The number of para-hydroxylation sites is 2. The first-order valence-corrected chi connectivity index (χ1v) is 9.52. The lowest BCUT2D eigenvalue weighted by molar-refractivity contribution is -0.132. The third-order valence-electron chi connectivity index (χ3n) is 5.22. The number of carbonyl (C=O) groups excluding carboxylic acids is 1. The van der Waals surface area contributed by atoms with Gasteiger partial charge in [0.25, 0.3) is 0 Å². The summed E-state index contributed by atoms with van der Waals surface area (Å²) in [6.45, 7) is -1.86. The molecule has 2 heterocycles. The van der Waals surface area contributed by atoms with Gasteiger partial charge in [-0.15, -0.1) is 0 Å². The molecule has 1 saturated heterocycles. The summed E-state index contributed by atoms with van der Waals surface area (Å²) >= 11 is 0. The number of piperidine rings is 1. The van der Waals surface area contributed by atoms with Crippen molar-refractivity contribution in [3.63, 3.8) is 0 Å². The molecule has 1 N–H and O–H groups in total. The molecule has 1 aromatic heterocycles. The van der Waals surface area contributed by atoms with Gasteiger partial charge in [0.05, 0.1) is 23.5 Å². The number of halogens is 2. The minimum atomic E-state index is -2.90. The van der Waals surface area contributed by atoms with E-state index in [1.165, 1.54) is 12.1 Å². The average Bonchev–Trinajstić information content (AvgIpc) is 3.03. The van der Waals surface area contributed by atoms with E-state index in [1.54, 1.807) is 21.6 Å². The van der Waals surface area contributed by atoms with E-state index in [0.717, 1.165) is 23.9 Å². The number of rotatable bonds is 5. The maximum absolute atomic E-state index is 12.8. The van der Waals surface area contributed by atoms with Crippen LogP contribution in [0.15, 0.2) is 53.3 Å². The van der Waals surface area contributed by atoms with Crippen molar-refractivity contribution in [3.05, 3.63) is 64.6 Å². The number of fused-ring (bicyclic) bond motifs is 1. The summed E-state index contributed by atoms with van der Waals surface area (Å²) in [6.07, 6.45) is 1.69. The van der Waals surface area contributed by atoms with Crippen LogP contribution in [0.5, 0.6) is 5.75 Å². The van der Waals surface area contributed by atoms with Gasteiger partial charge in [0, 0.05) is 13.1 Å². The number of amides is 1. The number of alkyl halides is 2. The Hall–Kier alpha value is -3.16. The van der Waals surface area contributed by atoms with Gasteiger partial charge in [0.2, 0.25) is 5.91 Å². The molecule has 6 nitrogen and oxygen atoms in total. The second kappa shape index (κ2) is 8.06. The van der Waals surface area contributed by atoms with E-state index in [0.29, 0.717) is 18.7 Å². The van der Waals surface area contributed by atoms with E-state index in [-0.39, 0.29) is 29.8 Å². The second-order valence-corrected chi connectivity index (χ2v) is 7.16. The van der Waals surface area contributed by atoms with Crippen molar-refractivity contribution in [2.24, 2.45) is 0 Å². The van der Waals surface area contributed by atoms with E-state index >= 15 is 0 Å². The lowest BCUT2D eigenvalue weighted by Crippen LogP contribution is -2.43. The zero-order chi connectivity index (χ0) is 20.4. The van der Waals surface area contributed by atoms with Gasteiger partial charge in [-0.3, -0.25) is 9.36 Å². The molecule has 0 bridgehead atoms. The largest absolute Gasteiger partial charge is 0.435 e. The Balaban J connectivity index is 1.49. The summed E-state index contributed by atoms with van der Waals surface area (Å²) in [6, 6.07) is 13.6. The van der Waals surface area contributed by atoms with Crippen LogP contribution in [-0.4, -0.2) is 40.1 Å². The highest BCUT2D eigenvalue weighted by atomic mass is 19.3. The number of benzene rings is 2. The highest BCUT2D eigenvalue weighted by Gasteiger charge is 2.27. The first-order chi connectivity index (χ1) is 14.0. The molecule has 152 valence electrons. The molecule has 2 aromatic carbocycles. The minimum absolute atomic E-state index is 0.0344. The third kappa shape index (κ3) is 4.16. The fourth-order valence-corrected chi connectivity index (χ4v) is 3.95. The van der Waals surface area contributed by atoms with Gasteiger partial charge in [0.15, 0.2) is 0 Å². The molecule has 29 heavy (non-hydrogen) atoms. The number of likely N-dealkylation sites (tertiary alicyclic amines) is 1. The predicted molar refractivity (Wildman–Crippen MR) is 104 cm³/mol. The number of H-pyrrole nitrogens is 1. The van der Waals surface area contributed by atoms with Gasteiger partial charge in [-0.25, -0.2) is 4.79 Å². The number of hydrogen-bond donors (Lipinski definition) is 1. The molecule has 1 atom stereocenters. The molecule has 1 amide bonds. The molecule has 0 radical (unpaired) electrons. The molecule has 0 saturated carbocycles. The van der Waals surface area contributed by atoms with Gasteiger partial charge >= 0.3 is 12.3 Å². The Morgan fingerprint density at radius 2 is 2.03 bits per heavy atom. The summed E-state index contributed by atoms with van der Waals surface area (Å²) in [4.78, 5) is 29.9. The fraction of sp³-hybridized carbons (Fsp3) is 0.333. The second-order valence-electron chi connectivity index (χ2n) is 7.16. The highest BCUT2D eigenvalue weighted by molar-refractivity contribution is 5.79. The lowest BCUT2D eigenvalue weighted by Gasteiger charge is -2.33. The molecule has 1 aliphatic rings. The van der Waals surface area contributed by atoms with E-state index in [2.05, 4.69) is 9.72 Å². The Morgan fingerprint density at radius 3 is 2.86 bits per heavy atom. The number of imidazole rings is 1. The Morgan fingerprint density at radius 1 is 1.21 bits per heavy atom. The quantitative estimate of drug-likeness (QED) is 0.713. The number of nitrogens with one attached hydrogen (secondary N) is 1. The zero-order valence-electron chi connectivity index (χ0n) is 15.7. The van der Waals surface area contributed by atoms with Crippen LogP contribution in [-0.2, 0) is 11.2 Å². The number of ether oxygens (including phenoxy) is 1. The van der Waals surface area contributed by atoms with Crippen molar-refractivity contribution in [1.82, 2.24) is 14.5 Å². The van der Waals surface area contributed by atoms with Gasteiger partial charge < -0.3 is 14.6 Å². The molecular weight excluding hydrogens is 380 g/mol. The fourth-order valence-electron chi connectivity index (χ4n) is 3.95. The topological polar surface area (TPSA) is 67.3 Å². The van der Waals surface area contributed by atoms with Crippen LogP contribution >= 0.6 is 0 Å². The molecule has 4 rings (SSSR count). The Labute approximate surface area is 165 Å². The third-order valence-corrected chi connectivity index (χ3v) is 5.22. The smallest absolute Gasteiger partial charge is 0.387 e. The standard InChI is InChI=1S/C21H21F2N3O3/c22-20(23)29-16-7-3-5-14(11-16)12-19(27)25-10-4-6-15(13-25)26-18-9-2-1-8-17(18)24-21(26)28/h1-3,5,7-9,11,15,20H,4,6,10,12-13H2,(H,24,28)/t15-/m0/s1. The van der Waals surface area contributed by atoms with Gasteiger partial charge in [-0.1, -0.05) is 24.3 Å². The number of aromatic amines is 1. The number of hydrogen-bond acceptors (Lipinski definition) is 3. The van der Waals surface area contributed by atoms with E-state index in [4.69, 9.17) is 0 Å². The number of nitrogens with zero attached hydrogens (tertiary/aromatic N) is 2. The van der Waals surface area contributed by atoms with Crippen LogP contribution in [0.2, 0.25) is 0 Å². The molecule has 1 aliphatic heterocycles. The highest BCUT2D eigenvalue weighted by Crippen LogP contribution is 2.25. The van der Waals surface area contributed by atoms with Gasteiger partial charge in [0.1, 0.15) is 5.75 Å². The van der Waals surface area contributed by atoms with Crippen molar-refractivity contribution in [2.75, 3.05) is 13.1 Å². The van der Waals surface area contributed by atoms with E-state index < -0.39 is 6.61 Å². The first-order valence-electron chi connectivity index (χ1n) is 9.52. The van der Waals surface area contributed by atoms with Gasteiger partial charge in [-0.2, -0.15) is 8.78 Å². The van der Waals surface area contributed by atoms with Crippen LogP contribution in [0.1, 0.15) is 24.4 Å². The van der Waals surface area contributed by atoms with Crippen LogP contribution in [0.4, 0.5) is 8.78 Å². The molecular formula is C21H21F2N3O3. The van der Waals surface area contributed by atoms with E-state index in [9.17, 15) is 18.4 Å². The number of carbonyl (C=O) groups is 1. The Kier molecular flexibility index (Phi) is 5.33. The van der Waals surface area contributed by atoms with Crippen molar-refractivity contribution < 1.29 is 18.3 Å². The SMILES string of the molecule is O=C(Cc1cccc(OC(F)F)c1)N1CCC[C@H](n2c(=O)[nH]c3ccccc32)C1. The Bertz CT molecular complexity index is 1080.